The predicted octanol–water partition coefficient (Wildman–Crippen LogP) is 4.75. The van der Waals surface area contributed by atoms with E-state index in [-0.39, 0.29) is 6.61 Å². The van der Waals surface area contributed by atoms with Crippen LogP contribution in [0.2, 0.25) is 0 Å². The summed E-state index contributed by atoms with van der Waals surface area (Å²) < 4.78 is 7.82. The molecule has 1 atom stereocenters. The number of nitrogens with zero attached hydrogens (tertiary/aromatic N) is 4. The normalized spacial score (nSPS) is 15.5. The van der Waals surface area contributed by atoms with Gasteiger partial charge in [0.25, 0.3) is 0 Å². The number of benzene rings is 1. The summed E-state index contributed by atoms with van der Waals surface area (Å²) in [5.41, 5.74) is 3.92. The lowest BCUT2D eigenvalue weighted by atomic mass is 9.86. The number of hydrogen-bond donors (Lipinski definition) is 2. The summed E-state index contributed by atoms with van der Waals surface area (Å²) >= 11 is 0. The van der Waals surface area contributed by atoms with Crippen molar-refractivity contribution in [1.29, 1.82) is 0 Å². The summed E-state index contributed by atoms with van der Waals surface area (Å²) in [6, 6.07) is 9.97. The van der Waals surface area contributed by atoms with Crippen LogP contribution < -0.4 is 10.1 Å². The van der Waals surface area contributed by atoms with Gasteiger partial charge in [-0.3, -0.25) is 4.68 Å². The molecule has 0 aliphatic heterocycles. The maximum atomic E-state index is 9.99. The number of likely N-dealkylation sites (N-methyl/N-ethyl adjacent to an activating group) is 1. The number of rotatable bonds is 11. The van der Waals surface area contributed by atoms with E-state index in [1.165, 1.54) is 32.1 Å². The Bertz CT molecular complexity index is 1070. The standard InChI is InChI=1S/C28H39N5O2/c1-20(2)17-33-18-23(15-30-33)27-14-24(12-21-8-5-4-6-9-21)31-28(32-27)22-10-7-11-26(13-22)35-19-25(34)16-29-3/h7,10-11,13-15,18,20-21,25,29,34H,4-6,8-9,12,16-17,19H2,1-3H3. The van der Waals surface area contributed by atoms with E-state index in [0.29, 0.717) is 30.0 Å². The van der Waals surface area contributed by atoms with Gasteiger partial charge in [-0.15, -0.1) is 0 Å². The molecule has 1 aliphatic carbocycles. The van der Waals surface area contributed by atoms with Crippen LogP contribution in [0.25, 0.3) is 22.6 Å². The highest BCUT2D eigenvalue weighted by Gasteiger charge is 2.18. The van der Waals surface area contributed by atoms with E-state index in [2.05, 4.69) is 36.5 Å². The molecule has 1 aliphatic rings. The van der Waals surface area contributed by atoms with Crippen LogP contribution in [0.3, 0.4) is 0 Å². The van der Waals surface area contributed by atoms with Crippen LogP contribution in [0, 0.1) is 11.8 Å². The average Bonchev–Trinajstić information content (AvgIpc) is 3.31. The third-order valence-electron chi connectivity index (χ3n) is 6.46. The lowest BCUT2D eigenvalue weighted by Gasteiger charge is -2.21. The zero-order valence-corrected chi connectivity index (χ0v) is 21.3. The van der Waals surface area contributed by atoms with Gasteiger partial charge in [0.2, 0.25) is 0 Å². The van der Waals surface area contributed by atoms with Crippen molar-refractivity contribution in [3.8, 4) is 28.4 Å². The van der Waals surface area contributed by atoms with Gasteiger partial charge in [0.05, 0.1) is 11.9 Å². The summed E-state index contributed by atoms with van der Waals surface area (Å²) in [7, 11) is 1.81. The van der Waals surface area contributed by atoms with Crippen LogP contribution in [-0.2, 0) is 13.0 Å². The Morgan fingerprint density at radius 2 is 1.94 bits per heavy atom. The molecule has 0 bridgehead atoms. The Morgan fingerprint density at radius 3 is 2.71 bits per heavy atom. The van der Waals surface area contributed by atoms with Crippen LogP contribution >= 0.6 is 0 Å². The molecule has 2 N–H and O–H groups in total. The van der Waals surface area contributed by atoms with E-state index in [4.69, 9.17) is 14.7 Å². The van der Waals surface area contributed by atoms with Gasteiger partial charge < -0.3 is 15.2 Å². The fourth-order valence-corrected chi connectivity index (χ4v) is 4.75. The number of nitrogens with one attached hydrogen (secondary N) is 1. The molecular formula is C28H39N5O2. The Balaban J connectivity index is 1.62. The molecule has 2 aromatic heterocycles. The lowest BCUT2D eigenvalue weighted by Crippen LogP contribution is -2.29. The Kier molecular flexibility index (Phi) is 8.88. The zero-order chi connectivity index (χ0) is 24.6. The average molecular weight is 478 g/mol. The highest BCUT2D eigenvalue weighted by Crippen LogP contribution is 2.30. The van der Waals surface area contributed by atoms with E-state index in [9.17, 15) is 5.11 Å². The van der Waals surface area contributed by atoms with Crippen LogP contribution in [0.4, 0.5) is 0 Å². The molecule has 0 spiro atoms. The van der Waals surface area contributed by atoms with Crippen LogP contribution in [0.15, 0.2) is 42.7 Å². The highest BCUT2D eigenvalue weighted by atomic mass is 16.5. The van der Waals surface area contributed by atoms with Gasteiger partial charge in [-0.05, 0) is 43.5 Å². The molecule has 0 radical (unpaired) electrons. The van der Waals surface area contributed by atoms with Gasteiger partial charge in [0.15, 0.2) is 5.82 Å². The molecule has 1 unspecified atom stereocenters. The number of ether oxygens (including phenoxy) is 1. The fourth-order valence-electron chi connectivity index (χ4n) is 4.75. The smallest absolute Gasteiger partial charge is 0.160 e. The Labute approximate surface area is 209 Å². The quantitative estimate of drug-likeness (QED) is 0.415. The SMILES string of the molecule is CNCC(O)COc1cccc(-c2nc(CC3CCCCC3)cc(-c3cnn(CC(C)C)c3)n2)c1. The van der Waals surface area contributed by atoms with Gasteiger partial charge >= 0.3 is 0 Å². The van der Waals surface area contributed by atoms with Gasteiger partial charge in [-0.2, -0.15) is 5.10 Å². The lowest BCUT2D eigenvalue weighted by molar-refractivity contribution is 0.108. The molecule has 0 saturated heterocycles. The first kappa shape index (κ1) is 25.3. The molecule has 2 heterocycles. The molecule has 0 amide bonds. The summed E-state index contributed by atoms with van der Waals surface area (Å²) in [4.78, 5) is 9.94. The first-order valence-corrected chi connectivity index (χ1v) is 13.0. The molecule has 1 fully saturated rings. The largest absolute Gasteiger partial charge is 0.491 e. The van der Waals surface area contributed by atoms with Gasteiger partial charge in [0, 0.05) is 36.1 Å². The third kappa shape index (κ3) is 7.36. The number of aromatic nitrogens is 4. The fraction of sp³-hybridized carbons (Fsp3) is 0.536. The van der Waals surface area contributed by atoms with Gasteiger partial charge in [0.1, 0.15) is 18.5 Å². The van der Waals surface area contributed by atoms with Crippen LogP contribution in [-0.4, -0.2) is 51.2 Å². The second-order valence-electron chi connectivity index (χ2n) is 10.2. The molecule has 188 valence electrons. The summed E-state index contributed by atoms with van der Waals surface area (Å²) in [6.07, 6.45) is 10.9. The number of aliphatic hydroxyl groups excluding tert-OH is 1. The number of aliphatic hydroxyl groups is 1. The monoisotopic (exact) mass is 477 g/mol. The van der Waals surface area contributed by atoms with E-state index in [1.807, 2.05) is 42.2 Å². The van der Waals surface area contributed by atoms with Crippen molar-refractivity contribution in [3.05, 3.63) is 48.4 Å². The van der Waals surface area contributed by atoms with Gasteiger partial charge in [-0.25, -0.2) is 9.97 Å². The predicted molar refractivity (Wildman–Crippen MR) is 139 cm³/mol. The minimum Gasteiger partial charge on any atom is -0.491 e. The minimum absolute atomic E-state index is 0.229. The van der Waals surface area contributed by atoms with Crippen molar-refractivity contribution in [2.75, 3.05) is 20.2 Å². The minimum atomic E-state index is -0.562. The second-order valence-corrected chi connectivity index (χ2v) is 10.2. The molecule has 4 rings (SSSR count). The van der Waals surface area contributed by atoms with E-state index < -0.39 is 6.10 Å². The van der Waals surface area contributed by atoms with Gasteiger partial charge in [-0.1, -0.05) is 58.1 Å². The number of hydrogen-bond acceptors (Lipinski definition) is 6. The van der Waals surface area contributed by atoms with Crippen molar-refractivity contribution in [2.45, 2.75) is 65.0 Å². The van der Waals surface area contributed by atoms with Crippen LogP contribution in [0.5, 0.6) is 5.75 Å². The highest BCUT2D eigenvalue weighted by molar-refractivity contribution is 5.64. The molecule has 1 saturated carbocycles. The zero-order valence-electron chi connectivity index (χ0n) is 21.3. The third-order valence-corrected chi connectivity index (χ3v) is 6.46. The molecule has 3 aromatic rings. The van der Waals surface area contributed by atoms with E-state index >= 15 is 0 Å². The first-order valence-electron chi connectivity index (χ1n) is 13.0. The Morgan fingerprint density at radius 1 is 1.11 bits per heavy atom. The molecule has 1 aromatic carbocycles. The summed E-state index contributed by atoms with van der Waals surface area (Å²) in [5, 5.41) is 17.5. The first-order chi connectivity index (χ1) is 17.0. The molecule has 7 heteroatoms. The maximum Gasteiger partial charge on any atom is 0.160 e. The van der Waals surface area contributed by atoms with E-state index in [0.717, 1.165) is 35.5 Å². The topological polar surface area (TPSA) is 85.1 Å². The van der Waals surface area contributed by atoms with Crippen molar-refractivity contribution < 1.29 is 9.84 Å². The van der Waals surface area contributed by atoms with Crippen molar-refractivity contribution in [3.63, 3.8) is 0 Å². The summed E-state index contributed by atoms with van der Waals surface area (Å²) in [6.45, 7) is 5.98. The summed E-state index contributed by atoms with van der Waals surface area (Å²) in [5.74, 6) is 2.61. The molecule has 35 heavy (non-hydrogen) atoms. The molecular weight excluding hydrogens is 438 g/mol. The maximum absolute atomic E-state index is 9.99. The van der Waals surface area contributed by atoms with E-state index in [1.54, 1.807) is 0 Å². The van der Waals surface area contributed by atoms with Crippen molar-refractivity contribution in [2.24, 2.45) is 11.8 Å². The van der Waals surface area contributed by atoms with Crippen molar-refractivity contribution in [1.82, 2.24) is 25.1 Å². The van der Waals surface area contributed by atoms with Crippen molar-refractivity contribution >= 4 is 0 Å². The van der Waals surface area contributed by atoms with Crippen LogP contribution in [0.1, 0.15) is 51.6 Å². The molecule has 7 nitrogen and oxygen atoms in total. The second kappa shape index (κ2) is 12.3. The Hall–Kier alpha value is -2.77.